The van der Waals surface area contributed by atoms with Crippen LogP contribution in [0.2, 0.25) is 0 Å². The number of hydrogen-bond donors (Lipinski definition) is 0. The number of hydrogen-bond acceptors (Lipinski definition) is 1. The van der Waals surface area contributed by atoms with Gasteiger partial charge in [-0.1, -0.05) is 6.07 Å². The van der Waals surface area contributed by atoms with Crippen LogP contribution in [0.5, 0.6) is 5.75 Å². The van der Waals surface area contributed by atoms with Crippen LogP contribution in [0, 0.1) is 17.5 Å². The third kappa shape index (κ3) is 2.94. The normalized spacial score (nSPS) is 12.3. The maximum Gasteiger partial charge on any atom is 0.137 e. The van der Waals surface area contributed by atoms with Crippen LogP contribution in [0.3, 0.4) is 0 Å². The van der Waals surface area contributed by atoms with Crippen molar-refractivity contribution in [3.63, 3.8) is 0 Å². The van der Waals surface area contributed by atoms with Crippen LogP contribution in [0.15, 0.2) is 34.8 Å². The lowest BCUT2D eigenvalue weighted by Crippen LogP contribution is -2.02. The van der Waals surface area contributed by atoms with E-state index in [1.807, 2.05) is 0 Å². The molecule has 0 aliphatic heterocycles. The number of halogens is 5. The first-order valence-electron chi connectivity index (χ1n) is 5.56. The summed E-state index contributed by atoms with van der Waals surface area (Å²) in [4.78, 5) is 0. The molecule has 2 aromatic rings. The van der Waals surface area contributed by atoms with E-state index in [1.165, 1.54) is 19.2 Å². The molecule has 1 atom stereocenters. The summed E-state index contributed by atoms with van der Waals surface area (Å²) in [5.74, 6) is -2.19. The Morgan fingerprint density at radius 3 is 2.15 bits per heavy atom. The fourth-order valence-electron chi connectivity index (χ4n) is 1.76. The van der Waals surface area contributed by atoms with Gasteiger partial charge in [-0.15, -0.1) is 11.6 Å². The van der Waals surface area contributed by atoms with Crippen molar-refractivity contribution in [2.45, 2.75) is 5.38 Å². The molecule has 106 valence electrons. The van der Waals surface area contributed by atoms with Gasteiger partial charge in [0.2, 0.25) is 0 Å². The fraction of sp³-hybridized carbons (Fsp3) is 0.143. The SMILES string of the molecule is COc1cc(F)c(C(Cl)c2ccc(Br)c(F)c2)c(F)c1. The lowest BCUT2D eigenvalue weighted by Gasteiger charge is -2.14. The minimum absolute atomic E-state index is 0.0506. The second-order valence-corrected chi connectivity index (χ2v) is 5.33. The molecular formula is C14H9BrClF3O. The van der Waals surface area contributed by atoms with Gasteiger partial charge in [0, 0.05) is 17.7 Å². The van der Waals surface area contributed by atoms with Gasteiger partial charge in [0.1, 0.15) is 23.2 Å². The third-order valence-corrected chi connectivity index (χ3v) is 3.89. The second kappa shape index (κ2) is 6.06. The Balaban J connectivity index is 2.47. The van der Waals surface area contributed by atoms with E-state index in [0.717, 1.165) is 18.2 Å². The summed E-state index contributed by atoms with van der Waals surface area (Å²) in [5, 5.41) is -1.14. The molecule has 0 radical (unpaired) electrons. The Bertz CT molecular complexity index is 625. The molecule has 2 aromatic carbocycles. The number of rotatable bonds is 3. The minimum Gasteiger partial charge on any atom is -0.497 e. The summed E-state index contributed by atoms with van der Waals surface area (Å²) in [6.45, 7) is 0. The summed E-state index contributed by atoms with van der Waals surface area (Å²) < 4.78 is 46.3. The van der Waals surface area contributed by atoms with Gasteiger partial charge in [0.15, 0.2) is 0 Å². The quantitative estimate of drug-likeness (QED) is 0.679. The first-order chi connectivity index (χ1) is 9.43. The molecule has 20 heavy (non-hydrogen) atoms. The van der Waals surface area contributed by atoms with Crippen LogP contribution in [0.4, 0.5) is 13.2 Å². The van der Waals surface area contributed by atoms with Crippen LogP contribution in [0.25, 0.3) is 0 Å². The Hall–Kier alpha value is -1.20. The molecule has 0 bridgehead atoms. The highest BCUT2D eigenvalue weighted by molar-refractivity contribution is 9.10. The maximum absolute atomic E-state index is 13.9. The van der Waals surface area contributed by atoms with Gasteiger partial charge in [-0.3, -0.25) is 0 Å². The third-order valence-electron chi connectivity index (χ3n) is 2.78. The van der Waals surface area contributed by atoms with Crippen molar-refractivity contribution in [2.24, 2.45) is 0 Å². The van der Waals surface area contributed by atoms with Crippen LogP contribution < -0.4 is 4.74 Å². The molecule has 0 fully saturated rings. The predicted octanol–water partition coefficient (Wildman–Crippen LogP) is 5.20. The topological polar surface area (TPSA) is 9.23 Å². The molecular weight excluding hydrogens is 357 g/mol. The summed E-state index contributed by atoms with van der Waals surface area (Å²) >= 11 is 9.06. The zero-order chi connectivity index (χ0) is 14.9. The van der Waals surface area contributed by atoms with Gasteiger partial charge in [0.25, 0.3) is 0 Å². The van der Waals surface area contributed by atoms with E-state index in [9.17, 15) is 13.2 Å². The highest BCUT2D eigenvalue weighted by atomic mass is 79.9. The van der Waals surface area contributed by atoms with E-state index in [-0.39, 0.29) is 21.3 Å². The van der Waals surface area contributed by atoms with Crippen molar-refractivity contribution in [3.8, 4) is 5.75 Å². The van der Waals surface area contributed by atoms with Crippen LogP contribution in [0.1, 0.15) is 16.5 Å². The van der Waals surface area contributed by atoms with Gasteiger partial charge >= 0.3 is 0 Å². The van der Waals surface area contributed by atoms with E-state index in [2.05, 4.69) is 15.9 Å². The molecule has 0 saturated carbocycles. The van der Waals surface area contributed by atoms with Crippen LogP contribution in [-0.4, -0.2) is 7.11 Å². The molecule has 6 heteroatoms. The molecule has 2 rings (SSSR count). The molecule has 1 nitrogen and oxygen atoms in total. The Labute approximate surface area is 127 Å². The summed E-state index contributed by atoms with van der Waals surface area (Å²) in [7, 11) is 1.30. The molecule has 0 N–H and O–H groups in total. The first kappa shape index (κ1) is 15.2. The maximum atomic E-state index is 13.9. The molecule has 0 aliphatic carbocycles. The Morgan fingerprint density at radius 2 is 1.65 bits per heavy atom. The molecule has 0 aromatic heterocycles. The largest absolute Gasteiger partial charge is 0.497 e. The van der Waals surface area contributed by atoms with Crippen molar-refractivity contribution in [2.75, 3.05) is 7.11 Å². The summed E-state index contributed by atoms with van der Waals surface area (Å²) in [5.41, 5.74) is -0.0791. The molecule has 0 saturated heterocycles. The van der Waals surface area contributed by atoms with E-state index >= 15 is 0 Å². The summed E-state index contributed by atoms with van der Waals surface area (Å²) in [6.07, 6.45) is 0. The molecule has 0 spiro atoms. The average molecular weight is 366 g/mol. The molecule has 1 unspecified atom stereocenters. The lowest BCUT2D eigenvalue weighted by molar-refractivity contribution is 0.405. The predicted molar refractivity (Wildman–Crippen MR) is 74.7 cm³/mol. The van der Waals surface area contributed by atoms with Crippen LogP contribution >= 0.6 is 27.5 Å². The van der Waals surface area contributed by atoms with Gasteiger partial charge in [-0.25, -0.2) is 13.2 Å². The lowest BCUT2D eigenvalue weighted by atomic mass is 10.0. The standard InChI is InChI=1S/C14H9BrClF3O/c1-20-8-5-11(18)13(12(19)6-8)14(16)7-2-3-9(15)10(17)4-7/h2-6,14H,1H3. The zero-order valence-corrected chi connectivity index (χ0v) is 12.6. The van der Waals surface area contributed by atoms with Crippen molar-refractivity contribution in [1.29, 1.82) is 0 Å². The van der Waals surface area contributed by atoms with Crippen LogP contribution in [-0.2, 0) is 0 Å². The first-order valence-corrected chi connectivity index (χ1v) is 6.79. The zero-order valence-electron chi connectivity index (χ0n) is 10.3. The van der Waals surface area contributed by atoms with Gasteiger partial charge in [-0.2, -0.15) is 0 Å². The van der Waals surface area contributed by atoms with E-state index in [4.69, 9.17) is 16.3 Å². The Morgan fingerprint density at radius 1 is 1.05 bits per heavy atom. The molecule has 0 heterocycles. The van der Waals surface area contributed by atoms with Gasteiger partial charge in [0.05, 0.1) is 17.0 Å². The molecule has 0 aliphatic rings. The second-order valence-electron chi connectivity index (χ2n) is 4.04. The van der Waals surface area contributed by atoms with Crippen molar-refractivity contribution in [1.82, 2.24) is 0 Å². The van der Waals surface area contributed by atoms with Gasteiger partial charge < -0.3 is 4.74 Å². The Kier molecular flexibility index (Phi) is 4.60. The highest BCUT2D eigenvalue weighted by Crippen LogP contribution is 2.35. The van der Waals surface area contributed by atoms with E-state index in [0.29, 0.717) is 0 Å². The molecule has 0 amide bonds. The smallest absolute Gasteiger partial charge is 0.137 e. The minimum atomic E-state index is -1.14. The van der Waals surface area contributed by atoms with Crippen molar-refractivity contribution in [3.05, 3.63) is 63.4 Å². The van der Waals surface area contributed by atoms with E-state index in [1.54, 1.807) is 0 Å². The van der Waals surface area contributed by atoms with Gasteiger partial charge in [-0.05, 0) is 33.6 Å². The number of alkyl halides is 1. The fourth-order valence-corrected chi connectivity index (χ4v) is 2.35. The average Bonchev–Trinajstić information content (AvgIpc) is 2.40. The highest BCUT2D eigenvalue weighted by Gasteiger charge is 2.22. The van der Waals surface area contributed by atoms with Crippen molar-refractivity contribution >= 4 is 27.5 Å². The number of benzene rings is 2. The number of methoxy groups -OCH3 is 1. The number of ether oxygens (including phenoxy) is 1. The summed E-state index contributed by atoms with van der Waals surface area (Å²) in [6, 6.07) is 6.12. The van der Waals surface area contributed by atoms with E-state index < -0.39 is 22.8 Å². The monoisotopic (exact) mass is 364 g/mol. The van der Waals surface area contributed by atoms with Crippen molar-refractivity contribution < 1.29 is 17.9 Å².